The molecule has 2 amide bonds. The lowest BCUT2D eigenvalue weighted by atomic mass is 10.1. The summed E-state index contributed by atoms with van der Waals surface area (Å²) < 4.78 is 5.14. The molecule has 0 radical (unpaired) electrons. The van der Waals surface area contributed by atoms with E-state index in [1.54, 1.807) is 16.9 Å². The predicted octanol–water partition coefficient (Wildman–Crippen LogP) is 0.538. The highest BCUT2D eigenvalue weighted by Gasteiger charge is 2.20. The summed E-state index contributed by atoms with van der Waals surface area (Å²) in [5.74, 6) is 0.856. The number of rotatable bonds is 4. The van der Waals surface area contributed by atoms with E-state index in [1.165, 1.54) is 0 Å². The van der Waals surface area contributed by atoms with Gasteiger partial charge in [-0.15, -0.1) is 0 Å². The monoisotopic (exact) mass is 262 g/mol. The van der Waals surface area contributed by atoms with Crippen LogP contribution in [0.5, 0.6) is 5.75 Å². The average molecular weight is 262 g/mol. The Hall–Kier alpha value is -2.04. The molecule has 0 bridgehead atoms. The summed E-state index contributed by atoms with van der Waals surface area (Å²) in [6.07, 6.45) is 1.21. The summed E-state index contributed by atoms with van der Waals surface area (Å²) in [4.78, 5) is 26.2. The first kappa shape index (κ1) is 13.4. The van der Waals surface area contributed by atoms with Gasteiger partial charge in [0.25, 0.3) is 0 Å². The lowest BCUT2D eigenvalue weighted by Gasteiger charge is -2.32. The van der Waals surface area contributed by atoms with Crippen LogP contribution in [-0.4, -0.2) is 55.4 Å². The molecule has 5 heteroatoms. The highest BCUT2D eigenvalue weighted by molar-refractivity contribution is 5.79. The number of piperazine rings is 1. The zero-order valence-corrected chi connectivity index (χ0v) is 11.0. The van der Waals surface area contributed by atoms with E-state index >= 15 is 0 Å². The van der Waals surface area contributed by atoms with Crippen LogP contribution in [0.1, 0.15) is 5.56 Å². The van der Waals surface area contributed by atoms with Crippen molar-refractivity contribution >= 4 is 12.3 Å². The lowest BCUT2D eigenvalue weighted by molar-refractivity contribution is -0.134. The number of ether oxygens (including phenoxy) is 1. The Morgan fingerprint density at radius 3 is 2.68 bits per heavy atom. The van der Waals surface area contributed by atoms with Crippen molar-refractivity contribution in [2.75, 3.05) is 33.3 Å². The molecule has 0 aromatic heterocycles. The molecule has 0 unspecified atom stereocenters. The van der Waals surface area contributed by atoms with Gasteiger partial charge in [-0.05, 0) is 17.7 Å². The van der Waals surface area contributed by atoms with Crippen molar-refractivity contribution in [2.45, 2.75) is 6.42 Å². The molecule has 0 spiro atoms. The van der Waals surface area contributed by atoms with E-state index in [1.807, 2.05) is 24.3 Å². The van der Waals surface area contributed by atoms with Crippen molar-refractivity contribution in [3.8, 4) is 5.75 Å². The number of nitrogens with zero attached hydrogens (tertiary/aromatic N) is 2. The SMILES string of the molecule is COc1cccc(CC(=O)N2CCN(C=O)CC2)c1. The van der Waals surface area contributed by atoms with E-state index < -0.39 is 0 Å². The highest BCUT2D eigenvalue weighted by Crippen LogP contribution is 2.14. The lowest BCUT2D eigenvalue weighted by Crippen LogP contribution is -2.48. The zero-order chi connectivity index (χ0) is 13.7. The molecule has 102 valence electrons. The van der Waals surface area contributed by atoms with E-state index in [2.05, 4.69) is 0 Å². The number of carbonyl (C=O) groups excluding carboxylic acids is 2. The van der Waals surface area contributed by atoms with Crippen molar-refractivity contribution in [1.29, 1.82) is 0 Å². The molecule has 0 atom stereocenters. The normalized spacial score (nSPS) is 15.2. The fourth-order valence-corrected chi connectivity index (χ4v) is 2.15. The molecule has 1 aromatic rings. The molecule has 0 aliphatic carbocycles. The highest BCUT2D eigenvalue weighted by atomic mass is 16.5. The second-order valence-corrected chi connectivity index (χ2v) is 4.55. The number of amides is 2. The average Bonchev–Trinajstić information content (AvgIpc) is 2.47. The van der Waals surface area contributed by atoms with Gasteiger partial charge in [-0.2, -0.15) is 0 Å². The van der Waals surface area contributed by atoms with Crippen molar-refractivity contribution in [3.63, 3.8) is 0 Å². The summed E-state index contributed by atoms with van der Waals surface area (Å²) >= 11 is 0. The van der Waals surface area contributed by atoms with Crippen LogP contribution in [0.2, 0.25) is 0 Å². The third-order valence-corrected chi connectivity index (χ3v) is 3.31. The Morgan fingerprint density at radius 2 is 2.05 bits per heavy atom. The quantitative estimate of drug-likeness (QED) is 0.744. The third-order valence-electron chi connectivity index (χ3n) is 3.31. The minimum Gasteiger partial charge on any atom is -0.497 e. The Bertz CT molecular complexity index is 454. The van der Waals surface area contributed by atoms with E-state index in [9.17, 15) is 9.59 Å². The van der Waals surface area contributed by atoms with Gasteiger partial charge in [-0.3, -0.25) is 9.59 Å². The van der Waals surface area contributed by atoms with Crippen LogP contribution in [0.15, 0.2) is 24.3 Å². The maximum atomic E-state index is 12.1. The Morgan fingerprint density at radius 1 is 1.32 bits per heavy atom. The van der Waals surface area contributed by atoms with E-state index in [0.29, 0.717) is 32.6 Å². The molecule has 2 rings (SSSR count). The molecular weight excluding hydrogens is 244 g/mol. The van der Waals surface area contributed by atoms with Gasteiger partial charge >= 0.3 is 0 Å². The van der Waals surface area contributed by atoms with Gasteiger partial charge in [-0.1, -0.05) is 12.1 Å². The second kappa shape index (κ2) is 6.22. The number of methoxy groups -OCH3 is 1. The molecule has 1 fully saturated rings. The van der Waals surface area contributed by atoms with Crippen molar-refractivity contribution in [1.82, 2.24) is 9.80 Å². The number of hydrogen-bond donors (Lipinski definition) is 0. The molecule has 19 heavy (non-hydrogen) atoms. The fraction of sp³-hybridized carbons (Fsp3) is 0.429. The second-order valence-electron chi connectivity index (χ2n) is 4.55. The third kappa shape index (κ3) is 3.47. The van der Waals surface area contributed by atoms with Crippen LogP contribution in [-0.2, 0) is 16.0 Å². The first-order valence-corrected chi connectivity index (χ1v) is 6.33. The molecule has 1 saturated heterocycles. The minimum atomic E-state index is 0.0961. The van der Waals surface area contributed by atoms with Crippen molar-refractivity contribution in [2.24, 2.45) is 0 Å². The van der Waals surface area contributed by atoms with Gasteiger partial charge in [0.05, 0.1) is 13.5 Å². The summed E-state index contributed by atoms with van der Waals surface area (Å²) in [5.41, 5.74) is 0.946. The van der Waals surface area contributed by atoms with E-state index in [4.69, 9.17) is 4.74 Å². The van der Waals surface area contributed by atoms with Crippen LogP contribution < -0.4 is 4.74 Å². The predicted molar refractivity (Wildman–Crippen MR) is 70.9 cm³/mol. The first-order valence-electron chi connectivity index (χ1n) is 6.33. The summed E-state index contributed by atoms with van der Waals surface area (Å²) in [5, 5.41) is 0. The first-order chi connectivity index (χ1) is 9.22. The van der Waals surface area contributed by atoms with Gasteiger partial charge < -0.3 is 14.5 Å². The van der Waals surface area contributed by atoms with Crippen LogP contribution in [0.25, 0.3) is 0 Å². The Kier molecular flexibility index (Phi) is 4.39. The van der Waals surface area contributed by atoms with Crippen molar-refractivity contribution in [3.05, 3.63) is 29.8 Å². The molecule has 1 heterocycles. The summed E-state index contributed by atoms with van der Waals surface area (Å²) in [7, 11) is 1.61. The molecule has 1 aliphatic rings. The van der Waals surface area contributed by atoms with Gasteiger partial charge in [0.1, 0.15) is 5.75 Å². The van der Waals surface area contributed by atoms with E-state index in [-0.39, 0.29) is 5.91 Å². The number of benzene rings is 1. The maximum absolute atomic E-state index is 12.1. The molecule has 1 aromatic carbocycles. The van der Waals surface area contributed by atoms with Crippen LogP contribution in [0.3, 0.4) is 0 Å². The van der Waals surface area contributed by atoms with Gasteiger partial charge in [-0.25, -0.2) is 0 Å². The summed E-state index contributed by atoms with van der Waals surface area (Å²) in [6, 6.07) is 7.53. The topological polar surface area (TPSA) is 49.9 Å². The molecule has 5 nitrogen and oxygen atoms in total. The molecule has 1 aliphatic heterocycles. The van der Waals surface area contributed by atoms with Crippen LogP contribution >= 0.6 is 0 Å². The standard InChI is InChI=1S/C14H18N2O3/c1-19-13-4-2-3-12(9-13)10-14(18)16-7-5-15(11-17)6-8-16/h2-4,9,11H,5-8,10H2,1H3. The number of carbonyl (C=O) groups is 2. The molecular formula is C14H18N2O3. The van der Waals surface area contributed by atoms with Gasteiger partial charge in [0.2, 0.25) is 12.3 Å². The smallest absolute Gasteiger partial charge is 0.227 e. The van der Waals surface area contributed by atoms with E-state index in [0.717, 1.165) is 17.7 Å². The van der Waals surface area contributed by atoms with Crippen LogP contribution in [0.4, 0.5) is 0 Å². The summed E-state index contributed by atoms with van der Waals surface area (Å²) in [6.45, 7) is 2.46. The van der Waals surface area contributed by atoms with Gasteiger partial charge in [0.15, 0.2) is 0 Å². The Balaban J connectivity index is 1.92. The zero-order valence-electron chi connectivity index (χ0n) is 11.0. The Labute approximate surface area is 112 Å². The van der Waals surface area contributed by atoms with Gasteiger partial charge in [0, 0.05) is 26.2 Å². The van der Waals surface area contributed by atoms with Crippen molar-refractivity contribution < 1.29 is 14.3 Å². The maximum Gasteiger partial charge on any atom is 0.227 e. The molecule has 0 saturated carbocycles. The minimum absolute atomic E-state index is 0.0961. The molecule has 0 N–H and O–H groups in total. The van der Waals surface area contributed by atoms with Crippen LogP contribution in [0, 0.1) is 0 Å². The largest absolute Gasteiger partial charge is 0.497 e. The fourth-order valence-electron chi connectivity index (χ4n) is 2.15. The number of hydrogen-bond acceptors (Lipinski definition) is 3.